The number of aromatic nitrogens is 2. The normalized spacial score (nSPS) is 9.71. The van der Waals surface area contributed by atoms with Crippen molar-refractivity contribution in [2.45, 2.75) is 0 Å². The Kier molecular flexibility index (Phi) is 2.57. The van der Waals surface area contributed by atoms with Crippen molar-refractivity contribution < 1.29 is 10.1 Å². The first kappa shape index (κ1) is 10.3. The predicted molar refractivity (Wildman–Crippen MR) is 50.8 cm³/mol. The summed E-state index contributed by atoms with van der Waals surface area (Å²) in [6, 6.07) is 6.50. The summed E-state index contributed by atoms with van der Waals surface area (Å²) < 4.78 is 0.468. The average molecular weight is 216 g/mol. The van der Waals surface area contributed by atoms with E-state index in [4.69, 9.17) is 0 Å². The summed E-state index contributed by atoms with van der Waals surface area (Å²) in [5.41, 5.74) is 0.728. The molecule has 0 bridgehead atoms. The number of hydrogen-bond acceptors (Lipinski definition) is 4. The van der Waals surface area contributed by atoms with Crippen LogP contribution in [0.4, 0.5) is 5.95 Å². The van der Waals surface area contributed by atoms with Crippen LogP contribution < -0.4 is 0 Å². The minimum absolute atomic E-state index is 0. The topological polar surface area (TPSA) is 81.2 Å². The van der Waals surface area contributed by atoms with Gasteiger partial charge in [-0.25, -0.2) is 0 Å². The van der Waals surface area contributed by atoms with Crippen molar-refractivity contribution in [3.8, 4) is 0 Å². The van der Waals surface area contributed by atoms with Gasteiger partial charge in [0.2, 0.25) is 0 Å². The lowest BCUT2D eigenvalue weighted by Crippen LogP contribution is -1.98. The molecule has 2 aromatic rings. The van der Waals surface area contributed by atoms with Crippen LogP contribution in [-0.2, 0) is 0 Å². The first-order valence-corrected chi connectivity index (χ1v) is 3.51. The highest BCUT2D eigenvalue weighted by molar-refractivity contribution is 5.85. The Labute approximate surface area is 84.3 Å². The molecule has 0 atom stereocenters. The first-order chi connectivity index (χ1) is 6.20. The van der Waals surface area contributed by atoms with E-state index < -0.39 is 10.9 Å². The van der Waals surface area contributed by atoms with Crippen molar-refractivity contribution >= 4 is 29.4 Å². The minimum Gasteiger partial charge on any atom is -0.390 e. The summed E-state index contributed by atoms with van der Waals surface area (Å²) in [4.78, 5) is 13.2. The van der Waals surface area contributed by atoms with Gasteiger partial charge in [0.05, 0.1) is 0 Å². The second-order valence-electron chi connectivity index (χ2n) is 2.47. The smallest absolute Gasteiger partial charge is 0.390 e. The zero-order chi connectivity index (χ0) is 9.42. The Hall–Kier alpha value is -1.82. The van der Waals surface area contributed by atoms with Crippen LogP contribution in [-0.4, -0.2) is 19.8 Å². The molecule has 6 nitrogen and oxygen atoms in total. The molecule has 0 saturated carbocycles. The molecular weight excluding hydrogens is 210 g/mol. The molecule has 0 radical (unpaired) electrons. The summed E-state index contributed by atoms with van der Waals surface area (Å²) in [5, 5.41) is 19.6. The van der Waals surface area contributed by atoms with Gasteiger partial charge in [-0.15, -0.1) is 12.4 Å². The number of hydrogen-bond donors (Lipinski definition) is 1. The molecule has 1 heterocycles. The third-order valence-corrected chi connectivity index (χ3v) is 1.68. The van der Waals surface area contributed by atoms with Crippen LogP contribution in [0.2, 0.25) is 0 Å². The lowest BCUT2D eigenvalue weighted by molar-refractivity contribution is -0.401. The molecular formula is C7H6ClN3O3. The largest absolute Gasteiger partial charge is 0.472 e. The Morgan fingerprint density at radius 2 is 2.07 bits per heavy atom. The Balaban J connectivity index is 0.000000980. The maximum atomic E-state index is 10.4. The number of rotatable bonds is 1. The number of imidazole rings is 1. The van der Waals surface area contributed by atoms with Gasteiger partial charge in [0, 0.05) is 0 Å². The molecule has 2 rings (SSSR count). The van der Waals surface area contributed by atoms with Crippen molar-refractivity contribution in [1.29, 1.82) is 0 Å². The van der Waals surface area contributed by atoms with Gasteiger partial charge in [-0.05, 0) is 21.8 Å². The summed E-state index contributed by atoms with van der Waals surface area (Å²) in [5.74, 6) is -0.568. The highest BCUT2D eigenvalue weighted by atomic mass is 35.5. The highest BCUT2D eigenvalue weighted by Crippen LogP contribution is 2.18. The summed E-state index contributed by atoms with van der Waals surface area (Å²) in [6.45, 7) is 0. The molecule has 0 unspecified atom stereocenters. The molecule has 0 aliphatic carbocycles. The molecule has 0 aliphatic rings. The van der Waals surface area contributed by atoms with E-state index in [-0.39, 0.29) is 12.4 Å². The Morgan fingerprint density at radius 3 is 2.64 bits per heavy atom. The van der Waals surface area contributed by atoms with Gasteiger partial charge in [0.25, 0.3) is 0 Å². The van der Waals surface area contributed by atoms with Gasteiger partial charge in [0.1, 0.15) is 0 Å². The fraction of sp³-hybridized carbons (Fsp3) is 0. The molecule has 0 saturated heterocycles. The predicted octanol–water partition coefficient (Wildman–Crippen LogP) is 1.60. The fourth-order valence-corrected chi connectivity index (χ4v) is 1.12. The van der Waals surface area contributed by atoms with Crippen LogP contribution in [0, 0.1) is 10.1 Å². The van der Waals surface area contributed by atoms with Crippen LogP contribution >= 0.6 is 12.4 Å². The second-order valence-corrected chi connectivity index (χ2v) is 2.47. The van der Waals surface area contributed by atoms with E-state index >= 15 is 0 Å². The number of nitrogens with zero attached hydrogens (tertiary/aromatic N) is 3. The lowest BCUT2D eigenvalue weighted by atomic mass is 10.3. The monoisotopic (exact) mass is 215 g/mol. The standard InChI is InChI=1S/C7H5N3O3.ClH/c11-9-6-4-2-1-3-5(6)8-7(9)10(12)13;/h1-4,11H;1H. The van der Waals surface area contributed by atoms with E-state index in [0.29, 0.717) is 15.8 Å². The zero-order valence-electron chi connectivity index (χ0n) is 6.82. The van der Waals surface area contributed by atoms with E-state index in [9.17, 15) is 15.3 Å². The number of halogens is 1. The van der Waals surface area contributed by atoms with Crippen LogP contribution in [0.25, 0.3) is 11.0 Å². The molecule has 14 heavy (non-hydrogen) atoms. The van der Waals surface area contributed by atoms with Crippen LogP contribution in [0.1, 0.15) is 0 Å². The average Bonchev–Trinajstić information content (AvgIpc) is 2.45. The van der Waals surface area contributed by atoms with Crippen molar-refractivity contribution in [1.82, 2.24) is 9.71 Å². The molecule has 0 spiro atoms. The quantitative estimate of drug-likeness (QED) is 0.445. The van der Waals surface area contributed by atoms with E-state index in [1.807, 2.05) is 0 Å². The van der Waals surface area contributed by atoms with Gasteiger partial charge < -0.3 is 15.3 Å². The first-order valence-electron chi connectivity index (χ1n) is 3.51. The van der Waals surface area contributed by atoms with Crippen LogP contribution in [0.3, 0.4) is 0 Å². The molecule has 0 aliphatic heterocycles. The fourth-order valence-electron chi connectivity index (χ4n) is 1.12. The number of benzene rings is 1. The van der Waals surface area contributed by atoms with Crippen LogP contribution in [0.15, 0.2) is 24.3 Å². The van der Waals surface area contributed by atoms with E-state index in [1.54, 1.807) is 24.3 Å². The van der Waals surface area contributed by atoms with Gasteiger partial charge in [-0.3, -0.25) is 0 Å². The Bertz CT molecular complexity index is 482. The lowest BCUT2D eigenvalue weighted by Gasteiger charge is -1.90. The molecule has 0 fully saturated rings. The number of para-hydroxylation sites is 2. The highest BCUT2D eigenvalue weighted by Gasteiger charge is 2.20. The van der Waals surface area contributed by atoms with E-state index in [1.165, 1.54) is 0 Å². The van der Waals surface area contributed by atoms with E-state index in [2.05, 4.69) is 4.98 Å². The third-order valence-electron chi connectivity index (χ3n) is 1.68. The maximum Gasteiger partial charge on any atom is 0.472 e. The van der Waals surface area contributed by atoms with Crippen molar-refractivity contribution in [2.24, 2.45) is 0 Å². The molecule has 0 amide bonds. The minimum atomic E-state index is -0.736. The van der Waals surface area contributed by atoms with Crippen molar-refractivity contribution in [3.05, 3.63) is 34.4 Å². The molecule has 74 valence electrons. The third kappa shape index (κ3) is 1.35. The van der Waals surface area contributed by atoms with Gasteiger partial charge in [0.15, 0.2) is 11.0 Å². The van der Waals surface area contributed by atoms with Gasteiger partial charge >= 0.3 is 5.95 Å². The van der Waals surface area contributed by atoms with Crippen molar-refractivity contribution in [2.75, 3.05) is 0 Å². The molecule has 1 N–H and O–H groups in total. The summed E-state index contributed by atoms with van der Waals surface area (Å²) in [7, 11) is 0. The molecule has 1 aromatic carbocycles. The SMILES string of the molecule is Cl.O=[N+]([O-])c1nc2ccccc2n1O. The summed E-state index contributed by atoms with van der Waals surface area (Å²) in [6.07, 6.45) is 0. The van der Waals surface area contributed by atoms with Gasteiger partial charge in [-0.1, -0.05) is 17.1 Å². The zero-order valence-corrected chi connectivity index (χ0v) is 7.64. The molecule has 1 aromatic heterocycles. The van der Waals surface area contributed by atoms with Crippen LogP contribution in [0.5, 0.6) is 0 Å². The number of nitro groups is 1. The van der Waals surface area contributed by atoms with E-state index in [0.717, 1.165) is 0 Å². The maximum absolute atomic E-state index is 10.4. The van der Waals surface area contributed by atoms with Gasteiger partial charge in [-0.2, -0.15) is 0 Å². The number of fused-ring (bicyclic) bond motifs is 1. The second kappa shape index (κ2) is 3.51. The summed E-state index contributed by atoms with van der Waals surface area (Å²) >= 11 is 0. The van der Waals surface area contributed by atoms with Crippen molar-refractivity contribution in [3.63, 3.8) is 0 Å². The Morgan fingerprint density at radius 1 is 1.43 bits per heavy atom. The molecule has 7 heteroatoms.